The predicted octanol–water partition coefficient (Wildman–Crippen LogP) is 5.78. The second kappa shape index (κ2) is 9.60. The Hall–Kier alpha value is -3.41. The van der Waals surface area contributed by atoms with Crippen molar-refractivity contribution in [3.63, 3.8) is 0 Å². The number of hydrogen-bond acceptors (Lipinski definition) is 4. The van der Waals surface area contributed by atoms with Gasteiger partial charge in [0.2, 0.25) is 0 Å². The van der Waals surface area contributed by atoms with Gasteiger partial charge in [0, 0.05) is 30.0 Å². The normalized spacial score (nSPS) is 14.1. The molecular formula is C25H29N5O. The minimum absolute atomic E-state index is 0.270. The highest BCUT2D eigenvalue weighted by Gasteiger charge is 2.12. The highest BCUT2D eigenvalue weighted by Crippen LogP contribution is 2.24. The Morgan fingerprint density at radius 3 is 2.39 bits per heavy atom. The lowest BCUT2D eigenvalue weighted by Gasteiger charge is -2.20. The SMILES string of the molecule is Cc1cccc(NC(=O)Nc2cccc(-c3ccc(N4CCCCCC4)nn3)c2)c1C. The van der Waals surface area contributed by atoms with Crippen LogP contribution in [-0.4, -0.2) is 29.3 Å². The topological polar surface area (TPSA) is 70.2 Å². The predicted molar refractivity (Wildman–Crippen MR) is 127 cm³/mol. The molecule has 4 rings (SSSR count). The third-order valence-electron chi connectivity index (χ3n) is 5.85. The maximum Gasteiger partial charge on any atom is 0.323 e. The monoisotopic (exact) mass is 415 g/mol. The second-order valence-corrected chi connectivity index (χ2v) is 8.09. The lowest BCUT2D eigenvalue weighted by molar-refractivity contribution is 0.262. The first-order valence-electron chi connectivity index (χ1n) is 10.9. The van der Waals surface area contributed by atoms with Crippen molar-refractivity contribution in [3.8, 4) is 11.3 Å². The Kier molecular flexibility index (Phi) is 6.46. The molecule has 2 N–H and O–H groups in total. The molecule has 1 aliphatic heterocycles. The number of aryl methyl sites for hydroxylation is 1. The van der Waals surface area contributed by atoms with Gasteiger partial charge in [-0.2, -0.15) is 0 Å². The standard InChI is InChI=1S/C25H29N5O/c1-18-9-7-12-22(19(18)2)27-25(31)26-21-11-8-10-20(17-21)23-13-14-24(29-28-23)30-15-5-3-4-6-16-30/h7-14,17H,3-6,15-16H2,1-2H3,(H2,26,27,31). The first kappa shape index (κ1) is 20.8. The number of urea groups is 1. The zero-order valence-electron chi connectivity index (χ0n) is 18.2. The molecule has 0 atom stereocenters. The van der Waals surface area contributed by atoms with E-state index in [1.54, 1.807) is 0 Å². The van der Waals surface area contributed by atoms with E-state index < -0.39 is 0 Å². The Morgan fingerprint density at radius 1 is 0.871 bits per heavy atom. The van der Waals surface area contributed by atoms with Crippen molar-refractivity contribution in [2.24, 2.45) is 0 Å². The van der Waals surface area contributed by atoms with Crippen LogP contribution in [0.15, 0.2) is 54.6 Å². The van der Waals surface area contributed by atoms with Crippen LogP contribution in [0.2, 0.25) is 0 Å². The number of carbonyl (C=O) groups excluding carboxylic acids is 1. The van der Waals surface area contributed by atoms with Gasteiger partial charge >= 0.3 is 6.03 Å². The van der Waals surface area contributed by atoms with Crippen LogP contribution in [0.3, 0.4) is 0 Å². The zero-order chi connectivity index (χ0) is 21.6. The lowest BCUT2D eigenvalue weighted by atomic mass is 10.1. The van der Waals surface area contributed by atoms with E-state index in [1.165, 1.54) is 25.7 Å². The summed E-state index contributed by atoms with van der Waals surface area (Å²) in [6, 6.07) is 17.3. The highest BCUT2D eigenvalue weighted by molar-refractivity contribution is 6.00. The minimum atomic E-state index is -0.270. The number of aromatic nitrogens is 2. The van der Waals surface area contributed by atoms with Gasteiger partial charge in [-0.05, 0) is 68.1 Å². The fraction of sp³-hybridized carbons (Fsp3) is 0.320. The molecule has 6 nitrogen and oxygen atoms in total. The summed E-state index contributed by atoms with van der Waals surface area (Å²) in [5, 5.41) is 14.7. The average Bonchev–Trinajstić information content (AvgIpc) is 3.07. The van der Waals surface area contributed by atoms with Gasteiger partial charge in [-0.1, -0.05) is 37.1 Å². The van der Waals surface area contributed by atoms with Crippen LogP contribution in [0.1, 0.15) is 36.8 Å². The number of carbonyl (C=O) groups is 1. The maximum atomic E-state index is 12.5. The van der Waals surface area contributed by atoms with Gasteiger partial charge in [-0.3, -0.25) is 0 Å². The van der Waals surface area contributed by atoms with Gasteiger partial charge in [0.1, 0.15) is 0 Å². The molecule has 2 heterocycles. The third-order valence-corrected chi connectivity index (χ3v) is 5.85. The molecule has 3 aromatic rings. The number of rotatable bonds is 4. The van der Waals surface area contributed by atoms with E-state index >= 15 is 0 Å². The van der Waals surface area contributed by atoms with Crippen LogP contribution >= 0.6 is 0 Å². The summed E-state index contributed by atoms with van der Waals surface area (Å²) in [5.74, 6) is 0.938. The van der Waals surface area contributed by atoms with Gasteiger partial charge in [0.05, 0.1) is 5.69 Å². The third kappa shape index (κ3) is 5.20. The van der Waals surface area contributed by atoms with Crippen molar-refractivity contribution in [3.05, 3.63) is 65.7 Å². The summed E-state index contributed by atoms with van der Waals surface area (Å²) in [4.78, 5) is 14.8. The van der Waals surface area contributed by atoms with Gasteiger partial charge < -0.3 is 15.5 Å². The molecule has 0 radical (unpaired) electrons. The molecule has 2 aromatic carbocycles. The van der Waals surface area contributed by atoms with Crippen LogP contribution in [-0.2, 0) is 0 Å². The van der Waals surface area contributed by atoms with Crippen LogP contribution in [0.25, 0.3) is 11.3 Å². The Morgan fingerprint density at radius 2 is 1.65 bits per heavy atom. The molecule has 2 amide bonds. The maximum absolute atomic E-state index is 12.5. The fourth-order valence-corrected chi connectivity index (χ4v) is 3.88. The van der Waals surface area contributed by atoms with Gasteiger partial charge in [-0.15, -0.1) is 10.2 Å². The lowest BCUT2D eigenvalue weighted by Crippen LogP contribution is -2.25. The molecule has 0 aliphatic carbocycles. The number of anilines is 3. The van der Waals surface area contributed by atoms with Gasteiger partial charge in [0.25, 0.3) is 0 Å². The largest absolute Gasteiger partial charge is 0.355 e. The molecule has 0 bridgehead atoms. The molecule has 0 unspecified atom stereocenters. The van der Waals surface area contributed by atoms with E-state index in [2.05, 4.69) is 25.7 Å². The van der Waals surface area contributed by atoms with Crippen molar-refractivity contribution in [2.45, 2.75) is 39.5 Å². The van der Waals surface area contributed by atoms with Crippen LogP contribution in [0.5, 0.6) is 0 Å². The van der Waals surface area contributed by atoms with Crippen molar-refractivity contribution in [2.75, 3.05) is 28.6 Å². The van der Waals surface area contributed by atoms with E-state index in [4.69, 9.17) is 0 Å². The smallest absolute Gasteiger partial charge is 0.323 e. The van der Waals surface area contributed by atoms with E-state index in [9.17, 15) is 4.79 Å². The highest BCUT2D eigenvalue weighted by atomic mass is 16.2. The van der Waals surface area contributed by atoms with Crippen LogP contribution in [0, 0.1) is 13.8 Å². The first-order valence-corrected chi connectivity index (χ1v) is 10.9. The van der Waals surface area contributed by atoms with Crippen molar-refractivity contribution in [1.82, 2.24) is 10.2 Å². The quantitative estimate of drug-likeness (QED) is 0.566. The van der Waals surface area contributed by atoms with E-state index in [0.29, 0.717) is 5.69 Å². The number of benzene rings is 2. The number of amides is 2. The molecule has 31 heavy (non-hydrogen) atoms. The first-order chi connectivity index (χ1) is 15.1. The molecule has 0 spiro atoms. The van der Waals surface area contributed by atoms with E-state index in [0.717, 1.165) is 47.0 Å². The van der Waals surface area contributed by atoms with Gasteiger partial charge in [0.15, 0.2) is 5.82 Å². The number of nitrogens with one attached hydrogen (secondary N) is 2. The van der Waals surface area contributed by atoms with E-state index in [-0.39, 0.29) is 6.03 Å². The molecule has 1 fully saturated rings. The van der Waals surface area contributed by atoms with Crippen molar-refractivity contribution in [1.29, 1.82) is 0 Å². The molecule has 1 aromatic heterocycles. The van der Waals surface area contributed by atoms with Crippen LogP contribution in [0.4, 0.5) is 22.0 Å². The van der Waals surface area contributed by atoms with Crippen molar-refractivity contribution < 1.29 is 4.79 Å². The van der Waals surface area contributed by atoms with Gasteiger partial charge in [-0.25, -0.2) is 4.79 Å². The zero-order valence-corrected chi connectivity index (χ0v) is 18.2. The Bertz CT molecular complexity index is 1040. The Labute approximate surface area is 183 Å². The number of hydrogen-bond donors (Lipinski definition) is 2. The fourth-order valence-electron chi connectivity index (χ4n) is 3.88. The average molecular weight is 416 g/mol. The molecule has 1 saturated heterocycles. The molecule has 0 saturated carbocycles. The summed E-state index contributed by atoms with van der Waals surface area (Å²) in [6.07, 6.45) is 5.00. The molecular weight excluding hydrogens is 386 g/mol. The number of nitrogens with zero attached hydrogens (tertiary/aromatic N) is 3. The minimum Gasteiger partial charge on any atom is -0.355 e. The summed E-state index contributed by atoms with van der Waals surface area (Å²) >= 11 is 0. The summed E-state index contributed by atoms with van der Waals surface area (Å²) < 4.78 is 0. The van der Waals surface area contributed by atoms with E-state index in [1.807, 2.05) is 68.4 Å². The summed E-state index contributed by atoms with van der Waals surface area (Å²) in [5.41, 5.74) is 5.42. The molecule has 6 heteroatoms. The van der Waals surface area contributed by atoms with Crippen molar-refractivity contribution >= 4 is 23.2 Å². The van der Waals surface area contributed by atoms with Crippen LogP contribution < -0.4 is 15.5 Å². The molecule has 160 valence electrons. The Balaban J connectivity index is 1.44. The summed E-state index contributed by atoms with van der Waals surface area (Å²) in [6.45, 7) is 6.12. The second-order valence-electron chi connectivity index (χ2n) is 8.09. The summed E-state index contributed by atoms with van der Waals surface area (Å²) in [7, 11) is 0. The molecule has 1 aliphatic rings.